The second kappa shape index (κ2) is 28.9. The molecule has 0 amide bonds. The van der Waals surface area contributed by atoms with E-state index in [2.05, 4.69) is 416 Å². The van der Waals surface area contributed by atoms with Crippen molar-refractivity contribution in [2.24, 2.45) is 0 Å². The van der Waals surface area contributed by atoms with Gasteiger partial charge in [0.25, 0.3) is 0 Å². The molecule has 3 heterocycles. The molecular weight excluding hydrogens is 1490 g/mol. The van der Waals surface area contributed by atoms with Gasteiger partial charge in [-0.3, -0.25) is 0 Å². The second-order valence-electron chi connectivity index (χ2n) is 33.9. The molecule has 3 aliphatic rings. The van der Waals surface area contributed by atoms with Crippen molar-refractivity contribution < 1.29 is 0 Å². The summed E-state index contributed by atoms with van der Waals surface area (Å²) in [5.41, 5.74) is 30.3. The first-order chi connectivity index (χ1) is 60.5. The fourth-order valence-electron chi connectivity index (χ4n) is 20.2. The summed E-state index contributed by atoms with van der Waals surface area (Å²) in [6, 6.07) is 148. The maximum atomic E-state index is 5.22. The van der Waals surface area contributed by atoms with E-state index in [9.17, 15) is 0 Å². The summed E-state index contributed by atoms with van der Waals surface area (Å²) in [5.74, 6) is 2.24. The van der Waals surface area contributed by atoms with Crippen molar-refractivity contribution in [3.05, 3.63) is 457 Å². The third-order valence-corrected chi connectivity index (χ3v) is 26.2. The molecule has 3 aliphatic carbocycles. The molecule has 0 bridgehead atoms. The van der Waals surface area contributed by atoms with Crippen LogP contribution in [0.5, 0.6) is 0 Å². The lowest BCUT2D eigenvalue weighted by molar-refractivity contribution is 0.661. The van der Waals surface area contributed by atoms with Crippen LogP contribution in [0.1, 0.15) is 72.2 Å². The molecule has 123 heavy (non-hydrogen) atoms. The fourth-order valence-corrected chi connectivity index (χ4v) is 20.2. The Morgan fingerprint density at radius 2 is 0.545 bits per heavy atom. The van der Waals surface area contributed by atoms with Crippen LogP contribution in [0.2, 0.25) is 0 Å². The molecule has 0 N–H and O–H groups in total. The molecule has 22 aromatic rings. The molecule has 3 aromatic heterocycles. The zero-order valence-electron chi connectivity index (χ0n) is 68.4. The van der Waals surface area contributed by atoms with Crippen LogP contribution in [0.15, 0.2) is 413 Å². The molecular formula is C117H80N6. The summed E-state index contributed by atoms with van der Waals surface area (Å²) in [4.78, 5) is 30.9. The zero-order valence-corrected chi connectivity index (χ0v) is 68.4. The van der Waals surface area contributed by atoms with Gasteiger partial charge >= 0.3 is 0 Å². The van der Waals surface area contributed by atoms with Gasteiger partial charge in [-0.25, -0.2) is 29.9 Å². The van der Waals surface area contributed by atoms with Gasteiger partial charge in [0.15, 0.2) is 17.5 Å². The van der Waals surface area contributed by atoms with Gasteiger partial charge in [0.05, 0.1) is 39.0 Å². The molecule has 0 fully saturated rings. The summed E-state index contributed by atoms with van der Waals surface area (Å²) in [6.07, 6.45) is 0. The molecule has 0 saturated carbocycles. The van der Waals surface area contributed by atoms with E-state index in [-0.39, 0.29) is 10.8 Å². The van der Waals surface area contributed by atoms with Gasteiger partial charge in [-0.1, -0.05) is 367 Å². The van der Waals surface area contributed by atoms with Gasteiger partial charge in [0.2, 0.25) is 0 Å². The molecule has 0 atom stereocenters. The molecule has 6 nitrogen and oxygen atoms in total. The first kappa shape index (κ1) is 72.7. The quantitative estimate of drug-likeness (QED) is 0.141. The maximum absolute atomic E-state index is 5.22. The molecule has 0 spiro atoms. The Balaban J connectivity index is 0.000000107. The van der Waals surface area contributed by atoms with E-state index in [0.29, 0.717) is 0 Å². The average molecular weight is 1570 g/mol. The van der Waals surface area contributed by atoms with Crippen LogP contribution in [-0.2, 0) is 16.2 Å². The highest BCUT2D eigenvalue weighted by atomic mass is 14.9. The van der Waals surface area contributed by atoms with E-state index >= 15 is 0 Å². The minimum Gasteiger partial charge on any atom is -0.228 e. The van der Waals surface area contributed by atoms with Crippen LogP contribution in [0.3, 0.4) is 0 Å². The van der Waals surface area contributed by atoms with E-state index in [0.717, 1.165) is 106 Å². The predicted molar refractivity (Wildman–Crippen MR) is 511 cm³/mol. The summed E-state index contributed by atoms with van der Waals surface area (Å²) in [5, 5.41) is 15.2. The summed E-state index contributed by atoms with van der Waals surface area (Å²) >= 11 is 0. The van der Waals surface area contributed by atoms with Crippen molar-refractivity contribution in [2.75, 3.05) is 0 Å². The number of hydrogen-bond donors (Lipinski definition) is 0. The van der Waals surface area contributed by atoms with Crippen molar-refractivity contribution in [2.45, 2.75) is 43.9 Å². The highest BCUT2D eigenvalue weighted by Gasteiger charge is 2.46. The molecule has 19 aromatic carbocycles. The Morgan fingerprint density at radius 1 is 0.187 bits per heavy atom. The molecule has 578 valence electrons. The SMILES string of the molecule is CC1(C)c2ccccc2-c2cc3cc(-c4nc(-c5ccccc5)c5c(ccc6ccccc65)n4)ccc3cc21.CC1(C)c2ccccc2-c2cc3cc(-c4nc(-c5ccccc5)c5ccc6ccccc6c5n4)ccc3cc21.c1ccc(-c2nc(-c3ccc4cc5c(cc4c3)-c3ccccc3C5(c3ccccc3)c3ccccc3)nc3ccccc23)cc1. The van der Waals surface area contributed by atoms with Crippen LogP contribution in [0.25, 0.3) is 188 Å². The lowest BCUT2D eigenvalue weighted by Gasteiger charge is -2.34. The van der Waals surface area contributed by atoms with Gasteiger partial charge < -0.3 is 0 Å². The minimum absolute atomic E-state index is 0.00635. The largest absolute Gasteiger partial charge is 0.228 e. The highest BCUT2D eigenvalue weighted by molar-refractivity contribution is 6.14. The van der Waals surface area contributed by atoms with E-state index in [1.807, 2.05) is 24.3 Å². The fraction of sp³-hybridized carbons (Fsp3) is 0.0598. The number of benzene rings is 19. The third kappa shape index (κ3) is 12.0. The number of fused-ring (bicyclic) bond motifs is 19. The topological polar surface area (TPSA) is 77.3 Å². The van der Waals surface area contributed by atoms with Gasteiger partial charge in [-0.05, 0) is 199 Å². The molecule has 0 unspecified atom stereocenters. The van der Waals surface area contributed by atoms with Crippen LogP contribution in [-0.4, -0.2) is 29.9 Å². The Hall–Kier alpha value is -15.5. The van der Waals surface area contributed by atoms with Crippen molar-refractivity contribution in [3.63, 3.8) is 0 Å². The van der Waals surface area contributed by atoms with E-state index in [4.69, 9.17) is 29.9 Å². The van der Waals surface area contributed by atoms with E-state index in [1.54, 1.807) is 0 Å². The van der Waals surface area contributed by atoms with Crippen molar-refractivity contribution >= 4 is 86.6 Å². The lowest BCUT2D eigenvalue weighted by Crippen LogP contribution is -2.28. The van der Waals surface area contributed by atoms with Crippen molar-refractivity contribution in [3.8, 4) is 101 Å². The van der Waals surface area contributed by atoms with Gasteiger partial charge in [-0.2, -0.15) is 0 Å². The van der Waals surface area contributed by atoms with E-state index in [1.165, 1.54) is 126 Å². The monoisotopic (exact) mass is 1570 g/mol. The smallest absolute Gasteiger partial charge is 0.160 e. The summed E-state index contributed by atoms with van der Waals surface area (Å²) < 4.78 is 0. The Labute approximate surface area is 713 Å². The van der Waals surface area contributed by atoms with Gasteiger partial charge in [0.1, 0.15) is 0 Å². The highest BCUT2D eigenvalue weighted by Crippen LogP contribution is 2.58. The van der Waals surface area contributed by atoms with E-state index < -0.39 is 5.41 Å². The molecule has 25 rings (SSSR count). The second-order valence-corrected chi connectivity index (χ2v) is 33.9. The summed E-state index contributed by atoms with van der Waals surface area (Å²) in [7, 11) is 0. The van der Waals surface area contributed by atoms with Crippen LogP contribution in [0, 0.1) is 0 Å². The van der Waals surface area contributed by atoms with Crippen LogP contribution in [0.4, 0.5) is 0 Å². The minimum atomic E-state index is -0.409. The number of para-hydroxylation sites is 1. The lowest BCUT2D eigenvalue weighted by atomic mass is 9.67. The van der Waals surface area contributed by atoms with Gasteiger partial charge in [0, 0.05) is 65.8 Å². The molecule has 0 aliphatic heterocycles. The molecule has 0 radical (unpaired) electrons. The molecule has 0 saturated heterocycles. The Kier molecular flexibility index (Phi) is 17.1. The van der Waals surface area contributed by atoms with Crippen LogP contribution >= 0.6 is 0 Å². The van der Waals surface area contributed by atoms with Crippen LogP contribution < -0.4 is 0 Å². The maximum Gasteiger partial charge on any atom is 0.160 e. The first-order valence-electron chi connectivity index (χ1n) is 42.5. The Morgan fingerprint density at radius 3 is 1.07 bits per heavy atom. The van der Waals surface area contributed by atoms with Gasteiger partial charge in [-0.15, -0.1) is 0 Å². The predicted octanol–water partition coefficient (Wildman–Crippen LogP) is 29.6. The Bertz CT molecular complexity index is 8000. The normalized spacial score (nSPS) is 13.4. The summed E-state index contributed by atoms with van der Waals surface area (Å²) in [6.45, 7) is 9.32. The third-order valence-electron chi connectivity index (χ3n) is 26.2. The van der Waals surface area contributed by atoms with Crippen molar-refractivity contribution in [1.82, 2.24) is 29.9 Å². The number of nitrogens with zero attached hydrogens (tertiary/aromatic N) is 6. The zero-order chi connectivity index (χ0) is 82.1. The number of aromatic nitrogens is 6. The first-order valence-corrected chi connectivity index (χ1v) is 42.5. The van der Waals surface area contributed by atoms with Crippen molar-refractivity contribution in [1.29, 1.82) is 0 Å². The number of hydrogen-bond acceptors (Lipinski definition) is 6. The average Bonchev–Trinajstić information content (AvgIpc) is 1.53. The molecule has 6 heteroatoms. The standard InChI is InChI=1S/C43H28N2.2C37H26N2/c1-4-14-29(15-5-1)41-36-21-11-13-23-40(36)44-42(45-41)31-25-24-30-28-39-37(27-32(30)26-31)35-20-10-12-22-38(35)43(39,33-16-6-2-7-17-33)34-18-8-3-9-19-34;1-37(2)31-15-9-8-14-29(31)30-21-27-20-26(17-16-25(27)22-32(30)37)36-38-33-19-18-23-10-6-7-13-28(23)34(33)35(39-36)24-11-4-3-5-12-24;1-37(2)32-15-9-8-14-29(32)31-21-27-20-26(17-16-25(27)22-33(31)37)36-38-34(24-11-4-3-5-12-24)30-19-18-23-10-6-7-13-28(23)35(30)39-36/h1-28H;2*3-22H,1-2H3. The number of rotatable bonds is 8.